The van der Waals surface area contributed by atoms with Gasteiger partial charge in [0.2, 0.25) is 0 Å². The number of para-hydroxylation sites is 1. The van der Waals surface area contributed by atoms with E-state index in [1.807, 2.05) is 18.2 Å². The Morgan fingerprint density at radius 2 is 1.94 bits per heavy atom. The Balaban J connectivity index is 1.72. The highest BCUT2D eigenvalue weighted by molar-refractivity contribution is 5.38. The maximum absolute atomic E-state index is 10.5. The van der Waals surface area contributed by atoms with Crippen LogP contribution in [0.3, 0.4) is 0 Å². The molecule has 1 fully saturated rings. The average molecular weight is 246 g/mol. The third-order valence-corrected chi connectivity index (χ3v) is 4.52. The van der Waals surface area contributed by atoms with Crippen molar-refractivity contribution in [2.75, 3.05) is 6.61 Å². The molecule has 1 aromatic carbocycles. The number of hydrogen-bond acceptors (Lipinski definition) is 2. The lowest BCUT2D eigenvalue weighted by molar-refractivity contribution is 0.0931. The number of benzene rings is 1. The molecule has 0 bridgehead atoms. The maximum atomic E-state index is 10.5. The minimum atomic E-state index is -0.196. The second kappa shape index (κ2) is 5.31. The van der Waals surface area contributed by atoms with Crippen LogP contribution in [0.5, 0.6) is 5.75 Å². The molecular weight excluding hydrogens is 224 g/mol. The summed E-state index contributed by atoms with van der Waals surface area (Å²) >= 11 is 0. The van der Waals surface area contributed by atoms with Crippen molar-refractivity contribution in [1.82, 2.24) is 0 Å². The van der Waals surface area contributed by atoms with Crippen LogP contribution in [0.2, 0.25) is 0 Å². The Labute approximate surface area is 109 Å². The number of rotatable bonds is 3. The van der Waals surface area contributed by atoms with Crippen LogP contribution >= 0.6 is 0 Å². The molecule has 1 heterocycles. The Hall–Kier alpha value is -1.02. The third-order valence-electron chi connectivity index (χ3n) is 4.52. The van der Waals surface area contributed by atoms with E-state index in [0.717, 1.165) is 31.1 Å². The molecule has 3 rings (SSSR count). The van der Waals surface area contributed by atoms with Crippen LogP contribution in [0.4, 0.5) is 0 Å². The van der Waals surface area contributed by atoms with Gasteiger partial charge in [0.15, 0.2) is 0 Å². The van der Waals surface area contributed by atoms with Gasteiger partial charge < -0.3 is 9.84 Å². The molecule has 1 N–H and O–H groups in total. The molecule has 0 saturated heterocycles. The van der Waals surface area contributed by atoms with Gasteiger partial charge in [0, 0.05) is 5.92 Å². The van der Waals surface area contributed by atoms with Gasteiger partial charge in [-0.3, -0.25) is 0 Å². The van der Waals surface area contributed by atoms with Crippen molar-refractivity contribution in [3.05, 3.63) is 29.8 Å². The van der Waals surface area contributed by atoms with Crippen molar-refractivity contribution >= 4 is 0 Å². The van der Waals surface area contributed by atoms with Gasteiger partial charge in [0.25, 0.3) is 0 Å². The van der Waals surface area contributed by atoms with Gasteiger partial charge in [-0.05, 0) is 30.4 Å². The normalized spacial score (nSPS) is 25.5. The molecule has 2 aliphatic rings. The van der Waals surface area contributed by atoms with E-state index in [1.165, 1.54) is 31.2 Å². The molecule has 2 nitrogen and oxygen atoms in total. The second-order valence-electron chi connectivity index (χ2n) is 5.73. The monoisotopic (exact) mass is 246 g/mol. The third kappa shape index (κ3) is 2.39. The number of aliphatic hydroxyl groups excluding tert-OH is 1. The summed E-state index contributed by atoms with van der Waals surface area (Å²) in [6.45, 7) is 0.739. The second-order valence-corrected chi connectivity index (χ2v) is 5.73. The van der Waals surface area contributed by atoms with Gasteiger partial charge in [-0.1, -0.05) is 43.9 Å². The number of aliphatic hydroxyl groups is 1. The minimum Gasteiger partial charge on any atom is -0.493 e. The lowest BCUT2D eigenvalue weighted by Crippen LogP contribution is -2.26. The fourth-order valence-electron chi connectivity index (χ4n) is 3.52. The van der Waals surface area contributed by atoms with E-state index in [4.69, 9.17) is 4.74 Å². The molecule has 1 aliphatic heterocycles. The first-order valence-corrected chi connectivity index (χ1v) is 7.24. The minimum absolute atomic E-state index is 0.196. The fraction of sp³-hybridized carbons (Fsp3) is 0.625. The first-order valence-electron chi connectivity index (χ1n) is 7.24. The lowest BCUT2D eigenvalue weighted by atomic mass is 9.84. The van der Waals surface area contributed by atoms with Crippen LogP contribution < -0.4 is 4.74 Å². The summed E-state index contributed by atoms with van der Waals surface area (Å²) in [5.41, 5.74) is 1.20. The zero-order chi connectivity index (χ0) is 12.4. The van der Waals surface area contributed by atoms with Crippen molar-refractivity contribution in [2.24, 2.45) is 5.92 Å². The molecule has 2 atom stereocenters. The van der Waals surface area contributed by atoms with Crippen LogP contribution in [-0.2, 0) is 0 Å². The van der Waals surface area contributed by atoms with E-state index < -0.39 is 0 Å². The van der Waals surface area contributed by atoms with Crippen LogP contribution in [0.15, 0.2) is 24.3 Å². The van der Waals surface area contributed by atoms with Crippen molar-refractivity contribution in [2.45, 2.75) is 50.5 Å². The number of ether oxygens (including phenoxy) is 1. The molecule has 0 amide bonds. The highest BCUT2D eigenvalue weighted by Gasteiger charge is 2.30. The molecule has 2 unspecified atom stereocenters. The van der Waals surface area contributed by atoms with Crippen LogP contribution in [0.1, 0.15) is 50.0 Å². The molecule has 2 heteroatoms. The fourth-order valence-corrected chi connectivity index (χ4v) is 3.52. The summed E-state index contributed by atoms with van der Waals surface area (Å²) < 4.78 is 5.66. The van der Waals surface area contributed by atoms with E-state index in [2.05, 4.69) is 6.07 Å². The summed E-state index contributed by atoms with van der Waals surface area (Å²) in [4.78, 5) is 0. The molecule has 0 aromatic heterocycles. The van der Waals surface area contributed by atoms with E-state index in [1.54, 1.807) is 0 Å². The molecule has 1 aliphatic carbocycles. The number of fused-ring (bicyclic) bond motifs is 1. The van der Waals surface area contributed by atoms with Gasteiger partial charge in [0.1, 0.15) is 5.75 Å². The molecule has 18 heavy (non-hydrogen) atoms. The number of hydrogen-bond donors (Lipinski definition) is 1. The van der Waals surface area contributed by atoms with Gasteiger partial charge in [-0.15, -0.1) is 0 Å². The van der Waals surface area contributed by atoms with Gasteiger partial charge >= 0.3 is 0 Å². The van der Waals surface area contributed by atoms with Crippen molar-refractivity contribution in [1.29, 1.82) is 0 Å². The topological polar surface area (TPSA) is 29.5 Å². The zero-order valence-electron chi connectivity index (χ0n) is 10.8. The quantitative estimate of drug-likeness (QED) is 0.884. The highest BCUT2D eigenvalue weighted by atomic mass is 16.5. The predicted molar refractivity (Wildman–Crippen MR) is 71.9 cm³/mol. The lowest BCUT2D eigenvalue weighted by Gasteiger charge is -2.30. The van der Waals surface area contributed by atoms with Crippen LogP contribution in [-0.4, -0.2) is 17.8 Å². The molecule has 0 spiro atoms. The van der Waals surface area contributed by atoms with Gasteiger partial charge in [0.05, 0.1) is 12.7 Å². The molecule has 1 saturated carbocycles. The van der Waals surface area contributed by atoms with Crippen LogP contribution in [0, 0.1) is 5.92 Å². The Morgan fingerprint density at radius 3 is 2.78 bits per heavy atom. The Bertz CT molecular complexity index is 396. The van der Waals surface area contributed by atoms with Gasteiger partial charge in [-0.2, -0.15) is 0 Å². The Morgan fingerprint density at radius 1 is 1.17 bits per heavy atom. The summed E-state index contributed by atoms with van der Waals surface area (Å²) in [6.07, 6.45) is 7.04. The summed E-state index contributed by atoms with van der Waals surface area (Å²) in [7, 11) is 0. The SMILES string of the molecule is OC(CC1CCCC1)C1CCOc2ccccc21. The van der Waals surface area contributed by atoms with E-state index >= 15 is 0 Å². The van der Waals surface area contributed by atoms with Crippen molar-refractivity contribution < 1.29 is 9.84 Å². The molecule has 1 aromatic rings. The Kier molecular flexibility index (Phi) is 3.55. The summed E-state index contributed by atoms with van der Waals surface area (Å²) in [5, 5.41) is 10.5. The van der Waals surface area contributed by atoms with Gasteiger partial charge in [-0.25, -0.2) is 0 Å². The average Bonchev–Trinajstić information content (AvgIpc) is 2.91. The standard InChI is InChI=1S/C16H22O2/c17-15(11-12-5-1-2-6-12)13-9-10-18-16-8-4-3-7-14(13)16/h3-4,7-8,12-13,15,17H,1-2,5-6,9-11H2. The van der Waals surface area contributed by atoms with E-state index in [9.17, 15) is 5.11 Å². The first-order chi connectivity index (χ1) is 8.84. The highest BCUT2D eigenvalue weighted by Crippen LogP contribution is 2.39. The smallest absolute Gasteiger partial charge is 0.122 e. The molecule has 0 radical (unpaired) electrons. The van der Waals surface area contributed by atoms with E-state index in [-0.39, 0.29) is 12.0 Å². The first kappa shape index (κ1) is 12.0. The maximum Gasteiger partial charge on any atom is 0.122 e. The molecular formula is C16H22O2. The largest absolute Gasteiger partial charge is 0.493 e. The zero-order valence-corrected chi connectivity index (χ0v) is 10.8. The summed E-state index contributed by atoms with van der Waals surface area (Å²) in [5.74, 6) is 1.99. The molecule has 98 valence electrons. The van der Waals surface area contributed by atoms with Crippen molar-refractivity contribution in [3.63, 3.8) is 0 Å². The summed E-state index contributed by atoms with van der Waals surface area (Å²) in [6, 6.07) is 8.17. The van der Waals surface area contributed by atoms with Crippen LogP contribution in [0.25, 0.3) is 0 Å². The van der Waals surface area contributed by atoms with E-state index in [0.29, 0.717) is 0 Å². The predicted octanol–water partition coefficient (Wildman–Crippen LogP) is 3.49. The van der Waals surface area contributed by atoms with Crippen molar-refractivity contribution in [3.8, 4) is 5.75 Å².